The van der Waals surface area contributed by atoms with Crippen LogP contribution in [0.5, 0.6) is 0 Å². The average molecular weight is 459 g/mol. The second-order valence-electron chi connectivity index (χ2n) is 8.27. The third kappa shape index (κ3) is 4.53. The van der Waals surface area contributed by atoms with E-state index < -0.39 is 0 Å². The number of nitrogens with one attached hydrogen (secondary N) is 1. The molecule has 2 aromatic heterocycles. The number of carbonyl (C=O) groups is 1. The van der Waals surface area contributed by atoms with Crippen molar-refractivity contribution in [1.29, 1.82) is 0 Å². The van der Waals surface area contributed by atoms with Gasteiger partial charge in [0.25, 0.3) is 11.5 Å². The van der Waals surface area contributed by atoms with Crippen molar-refractivity contribution in [2.24, 2.45) is 5.92 Å². The van der Waals surface area contributed by atoms with Gasteiger partial charge in [-0.1, -0.05) is 43.9 Å². The number of aromatic nitrogens is 2. The second kappa shape index (κ2) is 9.10. The van der Waals surface area contributed by atoms with Gasteiger partial charge in [0.15, 0.2) is 0 Å². The lowest BCUT2D eigenvalue weighted by Gasteiger charge is -2.16. The van der Waals surface area contributed by atoms with Crippen molar-refractivity contribution in [3.8, 4) is 0 Å². The summed E-state index contributed by atoms with van der Waals surface area (Å²) in [5, 5.41) is 3.30. The van der Waals surface area contributed by atoms with Gasteiger partial charge in [-0.2, -0.15) is 0 Å². The van der Waals surface area contributed by atoms with Crippen molar-refractivity contribution in [3.63, 3.8) is 0 Å². The lowest BCUT2D eigenvalue weighted by molar-refractivity contribution is -0.122. The summed E-state index contributed by atoms with van der Waals surface area (Å²) >= 11 is 6.64. The number of rotatable bonds is 6. The number of pyridine rings is 1. The molecule has 2 aromatic rings. The monoisotopic (exact) mass is 458 g/mol. The number of thioether (sulfide) groups is 1. The molecule has 4 rings (SSSR count). The highest BCUT2D eigenvalue weighted by Crippen LogP contribution is 2.33. The zero-order valence-corrected chi connectivity index (χ0v) is 19.5. The molecule has 4 heterocycles. The first kappa shape index (κ1) is 22.0. The number of aryl methyl sites for hydroxylation is 1. The molecule has 2 saturated heterocycles. The summed E-state index contributed by atoms with van der Waals surface area (Å²) in [5.74, 6) is 0.591. The normalized spacial score (nSPS) is 20.6. The number of hydrogen-bond donors (Lipinski definition) is 1. The number of hydrogen-bond acceptors (Lipinski definition) is 7. The van der Waals surface area contributed by atoms with Crippen LogP contribution in [0.2, 0.25) is 0 Å². The summed E-state index contributed by atoms with van der Waals surface area (Å²) in [7, 11) is 0. The topological polar surface area (TPSA) is 75.9 Å². The summed E-state index contributed by atoms with van der Waals surface area (Å²) in [5.41, 5.74) is 1.62. The van der Waals surface area contributed by atoms with Crippen molar-refractivity contribution < 1.29 is 9.53 Å². The van der Waals surface area contributed by atoms with E-state index in [1.54, 1.807) is 17.2 Å². The van der Waals surface area contributed by atoms with Gasteiger partial charge in [-0.25, -0.2) is 4.98 Å². The number of carbonyl (C=O) groups excluding carboxylic acids is 1. The van der Waals surface area contributed by atoms with Crippen LogP contribution in [-0.4, -0.2) is 50.3 Å². The van der Waals surface area contributed by atoms with Crippen LogP contribution in [0.1, 0.15) is 37.8 Å². The van der Waals surface area contributed by atoms with Gasteiger partial charge in [-0.3, -0.25) is 18.9 Å². The first-order valence-electron chi connectivity index (χ1n) is 10.5. The van der Waals surface area contributed by atoms with Crippen LogP contribution in [0, 0.1) is 12.8 Å². The molecule has 2 aliphatic heterocycles. The van der Waals surface area contributed by atoms with Gasteiger partial charge in [0, 0.05) is 25.9 Å². The SMILES string of the molecule is Cc1cccn2c(=O)c(/C=C3/SC(=S)N(CC(C)C)C3=O)c(NC[C@H]3CCCO3)nc12. The maximum Gasteiger partial charge on any atom is 0.267 e. The molecule has 9 heteroatoms. The number of anilines is 1. The largest absolute Gasteiger partial charge is 0.376 e. The molecule has 0 aromatic carbocycles. The predicted octanol–water partition coefficient (Wildman–Crippen LogP) is 3.45. The molecule has 7 nitrogen and oxygen atoms in total. The number of thiocarbonyl (C=S) groups is 1. The summed E-state index contributed by atoms with van der Waals surface area (Å²) in [4.78, 5) is 33.1. The first-order chi connectivity index (χ1) is 14.8. The minimum absolute atomic E-state index is 0.0919. The molecule has 0 unspecified atom stereocenters. The Labute approximate surface area is 190 Å². The zero-order valence-electron chi connectivity index (χ0n) is 17.9. The van der Waals surface area contributed by atoms with Gasteiger partial charge in [-0.15, -0.1) is 0 Å². The minimum atomic E-state index is -0.224. The molecular formula is C22H26N4O3S2. The summed E-state index contributed by atoms with van der Waals surface area (Å²) in [6.45, 7) is 7.87. The van der Waals surface area contributed by atoms with Gasteiger partial charge in [0.1, 0.15) is 15.8 Å². The molecule has 31 heavy (non-hydrogen) atoms. The molecular weight excluding hydrogens is 432 g/mol. The van der Waals surface area contributed by atoms with Gasteiger partial charge in [0.05, 0.1) is 16.6 Å². The van der Waals surface area contributed by atoms with Crippen LogP contribution in [0.3, 0.4) is 0 Å². The molecule has 0 aliphatic carbocycles. The second-order valence-corrected chi connectivity index (χ2v) is 9.94. The molecule has 1 N–H and O–H groups in total. The van der Waals surface area contributed by atoms with Crippen LogP contribution < -0.4 is 10.9 Å². The Morgan fingerprint density at radius 1 is 1.42 bits per heavy atom. The summed E-state index contributed by atoms with van der Waals surface area (Å²) in [6, 6.07) is 3.74. The Morgan fingerprint density at radius 2 is 2.23 bits per heavy atom. The van der Waals surface area contributed by atoms with Crippen LogP contribution >= 0.6 is 24.0 Å². The highest BCUT2D eigenvalue weighted by Gasteiger charge is 2.33. The Morgan fingerprint density at radius 3 is 2.94 bits per heavy atom. The highest BCUT2D eigenvalue weighted by atomic mass is 32.2. The lowest BCUT2D eigenvalue weighted by atomic mass is 10.2. The highest BCUT2D eigenvalue weighted by molar-refractivity contribution is 8.26. The van der Waals surface area contributed by atoms with Gasteiger partial charge >= 0.3 is 0 Å². The van der Waals surface area contributed by atoms with Crippen LogP contribution in [-0.2, 0) is 9.53 Å². The number of ether oxygens (including phenoxy) is 1. The Kier molecular flexibility index (Phi) is 6.45. The Hall–Kier alpha value is -2.23. The number of nitrogens with zero attached hydrogens (tertiary/aromatic N) is 3. The van der Waals surface area contributed by atoms with Crippen molar-refractivity contribution in [1.82, 2.24) is 14.3 Å². The Bertz CT molecular complexity index is 1120. The fourth-order valence-electron chi connectivity index (χ4n) is 3.75. The van der Waals surface area contributed by atoms with E-state index in [0.717, 1.165) is 25.0 Å². The van der Waals surface area contributed by atoms with E-state index in [-0.39, 0.29) is 17.6 Å². The minimum Gasteiger partial charge on any atom is -0.376 e. The third-order valence-corrected chi connectivity index (χ3v) is 6.68. The maximum absolute atomic E-state index is 13.4. The standard InChI is InChI=1S/C22H26N4O3S2/c1-13(2)12-26-21(28)17(31-22(26)30)10-16-18(23-11-15-7-5-9-29-15)24-19-14(3)6-4-8-25(19)20(16)27/h4,6,8,10,13,15,23H,5,7,9,11-12H2,1-3H3/b17-10+/t15-/m1/s1. The fourth-order valence-corrected chi connectivity index (χ4v) is 5.00. The average Bonchev–Trinajstić information content (AvgIpc) is 3.33. The van der Waals surface area contributed by atoms with E-state index in [9.17, 15) is 9.59 Å². The van der Waals surface area contributed by atoms with Crippen molar-refractivity contribution in [2.45, 2.75) is 39.7 Å². The smallest absolute Gasteiger partial charge is 0.267 e. The van der Waals surface area contributed by atoms with E-state index in [4.69, 9.17) is 21.9 Å². The van der Waals surface area contributed by atoms with Crippen molar-refractivity contribution in [3.05, 3.63) is 44.7 Å². The summed E-state index contributed by atoms with van der Waals surface area (Å²) < 4.78 is 7.74. The van der Waals surface area contributed by atoms with E-state index in [1.807, 2.05) is 32.9 Å². The molecule has 0 spiro atoms. The number of fused-ring (bicyclic) bond motifs is 1. The molecule has 1 atom stereocenters. The van der Waals surface area contributed by atoms with Crippen LogP contribution in [0.4, 0.5) is 5.82 Å². The zero-order chi connectivity index (χ0) is 22.1. The van der Waals surface area contributed by atoms with Crippen molar-refractivity contribution >= 4 is 51.7 Å². The van der Waals surface area contributed by atoms with Gasteiger partial charge in [-0.05, 0) is 43.4 Å². The summed E-state index contributed by atoms with van der Waals surface area (Å²) in [6.07, 6.45) is 5.42. The van der Waals surface area contributed by atoms with E-state index in [1.165, 1.54) is 16.2 Å². The molecule has 0 bridgehead atoms. The predicted molar refractivity (Wildman–Crippen MR) is 128 cm³/mol. The third-order valence-electron chi connectivity index (χ3n) is 5.30. The van der Waals surface area contributed by atoms with Crippen LogP contribution in [0.15, 0.2) is 28.0 Å². The molecule has 1 amide bonds. The lowest BCUT2D eigenvalue weighted by Crippen LogP contribution is -2.31. The maximum atomic E-state index is 13.4. The quantitative estimate of drug-likeness (QED) is 0.525. The number of amides is 1. The van der Waals surface area contributed by atoms with Gasteiger partial charge < -0.3 is 10.1 Å². The van der Waals surface area contributed by atoms with Crippen LogP contribution in [0.25, 0.3) is 11.7 Å². The fraction of sp³-hybridized carbons (Fsp3) is 0.455. The van der Waals surface area contributed by atoms with E-state index in [2.05, 4.69) is 5.32 Å². The van der Waals surface area contributed by atoms with E-state index in [0.29, 0.717) is 45.3 Å². The van der Waals surface area contributed by atoms with E-state index >= 15 is 0 Å². The molecule has 0 saturated carbocycles. The molecule has 164 valence electrons. The first-order valence-corrected chi connectivity index (χ1v) is 11.7. The molecule has 0 radical (unpaired) electrons. The van der Waals surface area contributed by atoms with Crippen molar-refractivity contribution in [2.75, 3.05) is 25.0 Å². The van der Waals surface area contributed by atoms with Gasteiger partial charge in [0.2, 0.25) is 0 Å². The molecule has 2 aliphatic rings. The molecule has 2 fully saturated rings. The Balaban J connectivity index is 1.76.